The lowest BCUT2D eigenvalue weighted by molar-refractivity contribution is -0.136. The van der Waals surface area contributed by atoms with Gasteiger partial charge in [-0.25, -0.2) is 8.78 Å². The fourth-order valence-electron chi connectivity index (χ4n) is 1.83. The lowest BCUT2D eigenvalue weighted by Crippen LogP contribution is -2.14. The molecule has 0 radical (unpaired) electrons. The minimum absolute atomic E-state index is 0.0904. The Morgan fingerprint density at radius 3 is 2.50 bits per heavy atom. The van der Waals surface area contributed by atoms with Gasteiger partial charge >= 0.3 is 5.97 Å². The van der Waals surface area contributed by atoms with Crippen molar-refractivity contribution in [3.8, 4) is 5.75 Å². The summed E-state index contributed by atoms with van der Waals surface area (Å²) < 4.78 is 26.6. The summed E-state index contributed by atoms with van der Waals surface area (Å²) in [4.78, 5) is 22.6. The summed E-state index contributed by atoms with van der Waals surface area (Å²) in [7, 11) is 0. The van der Waals surface area contributed by atoms with Crippen LogP contribution in [0, 0.1) is 11.6 Å². The third-order valence-corrected chi connectivity index (χ3v) is 2.84. The number of carboxylic acid groups (broad SMARTS) is 1. The number of aliphatic carboxylic acids is 1. The monoisotopic (exact) mass is 307 g/mol. The number of carboxylic acids is 1. The van der Waals surface area contributed by atoms with Gasteiger partial charge in [-0.15, -0.1) is 0 Å². The molecule has 0 aliphatic carbocycles. The molecule has 2 rings (SSSR count). The van der Waals surface area contributed by atoms with Gasteiger partial charge in [-0.3, -0.25) is 9.59 Å². The Bertz CT molecular complexity index is 746. The van der Waals surface area contributed by atoms with E-state index in [9.17, 15) is 23.5 Å². The summed E-state index contributed by atoms with van der Waals surface area (Å²) in [6, 6.07) is 6.24. The van der Waals surface area contributed by atoms with Crippen LogP contribution in [0.4, 0.5) is 14.5 Å². The van der Waals surface area contributed by atoms with Crippen molar-refractivity contribution in [2.75, 3.05) is 5.32 Å². The molecule has 2 aromatic rings. The van der Waals surface area contributed by atoms with Crippen LogP contribution >= 0.6 is 0 Å². The normalized spacial score (nSPS) is 10.3. The molecule has 7 heteroatoms. The first-order chi connectivity index (χ1) is 10.4. The van der Waals surface area contributed by atoms with E-state index in [0.29, 0.717) is 5.56 Å². The van der Waals surface area contributed by atoms with Crippen LogP contribution in [0.3, 0.4) is 0 Å². The predicted octanol–water partition coefficient (Wildman–Crippen LogP) is 2.55. The Hall–Kier alpha value is -2.96. The summed E-state index contributed by atoms with van der Waals surface area (Å²) >= 11 is 0. The van der Waals surface area contributed by atoms with Gasteiger partial charge in [-0.1, -0.05) is 6.07 Å². The highest BCUT2D eigenvalue weighted by atomic mass is 19.1. The second-order valence-electron chi connectivity index (χ2n) is 4.50. The molecule has 0 heterocycles. The van der Waals surface area contributed by atoms with E-state index in [-0.39, 0.29) is 17.9 Å². The second kappa shape index (κ2) is 6.21. The molecule has 22 heavy (non-hydrogen) atoms. The number of anilines is 1. The van der Waals surface area contributed by atoms with Gasteiger partial charge < -0.3 is 15.5 Å². The molecule has 0 saturated carbocycles. The lowest BCUT2D eigenvalue weighted by atomic mass is 10.1. The topological polar surface area (TPSA) is 86.6 Å². The van der Waals surface area contributed by atoms with Crippen LogP contribution in [-0.4, -0.2) is 22.1 Å². The fraction of sp³-hybridized carbons (Fsp3) is 0.0667. The van der Waals surface area contributed by atoms with Crippen LogP contribution in [0.15, 0.2) is 36.4 Å². The summed E-state index contributed by atoms with van der Waals surface area (Å²) in [6.07, 6.45) is -0.308. The molecule has 0 aromatic heterocycles. The maximum Gasteiger partial charge on any atom is 0.307 e. The molecular formula is C15H11F2NO4. The van der Waals surface area contributed by atoms with Gasteiger partial charge in [0.05, 0.1) is 17.7 Å². The van der Waals surface area contributed by atoms with Gasteiger partial charge in [0.1, 0.15) is 17.4 Å². The van der Waals surface area contributed by atoms with Crippen molar-refractivity contribution < 1.29 is 28.6 Å². The van der Waals surface area contributed by atoms with E-state index in [2.05, 4.69) is 5.32 Å². The van der Waals surface area contributed by atoms with Crippen molar-refractivity contribution in [2.45, 2.75) is 6.42 Å². The molecule has 0 bridgehead atoms. The highest BCUT2D eigenvalue weighted by Crippen LogP contribution is 2.25. The first kappa shape index (κ1) is 15.4. The molecule has 0 unspecified atom stereocenters. The average Bonchev–Trinajstić information content (AvgIpc) is 2.44. The van der Waals surface area contributed by atoms with Crippen molar-refractivity contribution in [1.82, 2.24) is 0 Å². The largest absolute Gasteiger partial charge is 0.506 e. The van der Waals surface area contributed by atoms with Crippen molar-refractivity contribution in [3.63, 3.8) is 0 Å². The number of phenolic OH excluding ortho intramolecular Hbond substituents is 1. The molecule has 5 nitrogen and oxygen atoms in total. The summed E-state index contributed by atoms with van der Waals surface area (Å²) in [6.45, 7) is 0. The molecule has 0 fully saturated rings. The Kier molecular flexibility index (Phi) is 4.36. The van der Waals surface area contributed by atoms with Crippen LogP contribution in [0.1, 0.15) is 15.9 Å². The summed E-state index contributed by atoms with van der Waals surface area (Å²) in [5.74, 6) is -4.06. The van der Waals surface area contributed by atoms with E-state index in [0.717, 1.165) is 18.2 Å². The first-order valence-electron chi connectivity index (χ1n) is 6.17. The zero-order chi connectivity index (χ0) is 16.3. The molecule has 2 aromatic carbocycles. The number of nitrogens with one attached hydrogen (secondary N) is 1. The number of carbonyl (C=O) groups is 2. The number of carbonyl (C=O) groups excluding carboxylic acids is 1. The van der Waals surface area contributed by atoms with E-state index < -0.39 is 29.1 Å². The number of halogens is 2. The molecule has 0 atom stereocenters. The number of hydrogen-bond donors (Lipinski definition) is 3. The van der Waals surface area contributed by atoms with E-state index >= 15 is 0 Å². The Balaban J connectivity index is 2.27. The van der Waals surface area contributed by atoms with Crippen LogP contribution in [0.25, 0.3) is 0 Å². The first-order valence-corrected chi connectivity index (χ1v) is 6.17. The van der Waals surface area contributed by atoms with E-state index in [1.807, 2.05) is 0 Å². The second-order valence-corrected chi connectivity index (χ2v) is 4.50. The Labute approximate surface area is 123 Å². The number of rotatable bonds is 4. The van der Waals surface area contributed by atoms with Crippen LogP contribution in [0.5, 0.6) is 5.75 Å². The number of benzene rings is 2. The quantitative estimate of drug-likeness (QED) is 0.758. The highest BCUT2D eigenvalue weighted by Gasteiger charge is 2.15. The Morgan fingerprint density at radius 1 is 1.09 bits per heavy atom. The van der Waals surface area contributed by atoms with Gasteiger partial charge in [-0.05, 0) is 35.9 Å². The zero-order valence-corrected chi connectivity index (χ0v) is 11.1. The lowest BCUT2D eigenvalue weighted by Gasteiger charge is -2.09. The van der Waals surface area contributed by atoms with E-state index in [1.165, 1.54) is 18.2 Å². The number of aromatic hydroxyl groups is 1. The van der Waals surface area contributed by atoms with Crippen LogP contribution in [-0.2, 0) is 11.2 Å². The predicted molar refractivity (Wildman–Crippen MR) is 73.8 cm³/mol. The molecule has 0 saturated heterocycles. The molecule has 0 aliphatic heterocycles. The number of amides is 1. The molecule has 0 aliphatic rings. The van der Waals surface area contributed by atoms with E-state index in [4.69, 9.17) is 5.11 Å². The van der Waals surface area contributed by atoms with Crippen LogP contribution < -0.4 is 5.32 Å². The molecular weight excluding hydrogens is 296 g/mol. The van der Waals surface area contributed by atoms with Gasteiger partial charge in [0.2, 0.25) is 0 Å². The highest BCUT2D eigenvalue weighted by molar-refractivity contribution is 6.05. The number of phenols is 1. The van der Waals surface area contributed by atoms with Crippen molar-refractivity contribution >= 4 is 17.6 Å². The van der Waals surface area contributed by atoms with Gasteiger partial charge in [0.15, 0.2) is 0 Å². The van der Waals surface area contributed by atoms with Crippen LogP contribution in [0.2, 0.25) is 0 Å². The maximum absolute atomic E-state index is 13.5. The third kappa shape index (κ3) is 3.57. The summed E-state index contributed by atoms with van der Waals surface area (Å²) in [5.41, 5.74) is -0.282. The minimum atomic E-state index is -1.08. The standard InChI is InChI=1S/C15H11F2NO4/c16-9-2-3-11(17)10(7-9)15(22)18-12-5-8(6-14(20)21)1-4-13(12)19/h1-5,7,19H,6H2,(H,18,22)(H,20,21). The van der Waals surface area contributed by atoms with Crippen molar-refractivity contribution in [2.24, 2.45) is 0 Å². The molecule has 0 spiro atoms. The average molecular weight is 307 g/mol. The van der Waals surface area contributed by atoms with Crippen molar-refractivity contribution in [3.05, 3.63) is 59.2 Å². The van der Waals surface area contributed by atoms with E-state index in [1.54, 1.807) is 0 Å². The minimum Gasteiger partial charge on any atom is -0.506 e. The van der Waals surface area contributed by atoms with Gasteiger partial charge in [0, 0.05) is 0 Å². The molecule has 114 valence electrons. The SMILES string of the molecule is O=C(O)Cc1ccc(O)c(NC(=O)c2cc(F)ccc2F)c1. The zero-order valence-electron chi connectivity index (χ0n) is 11.1. The molecule has 1 amide bonds. The van der Waals surface area contributed by atoms with Gasteiger partial charge in [-0.2, -0.15) is 0 Å². The third-order valence-electron chi connectivity index (χ3n) is 2.84. The van der Waals surface area contributed by atoms with Crippen molar-refractivity contribution in [1.29, 1.82) is 0 Å². The number of hydrogen-bond acceptors (Lipinski definition) is 3. The van der Waals surface area contributed by atoms with Gasteiger partial charge in [0.25, 0.3) is 5.91 Å². The summed E-state index contributed by atoms with van der Waals surface area (Å²) in [5, 5.41) is 20.6. The Morgan fingerprint density at radius 2 is 1.82 bits per heavy atom. The smallest absolute Gasteiger partial charge is 0.307 e. The molecule has 3 N–H and O–H groups in total. The fourth-order valence-corrected chi connectivity index (χ4v) is 1.83. The maximum atomic E-state index is 13.5.